The molecule has 0 amide bonds. The van der Waals surface area contributed by atoms with Crippen LogP contribution in [0.3, 0.4) is 0 Å². The van der Waals surface area contributed by atoms with Crippen LogP contribution in [0.25, 0.3) is 0 Å². The van der Waals surface area contributed by atoms with E-state index >= 15 is 0 Å². The summed E-state index contributed by atoms with van der Waals surface area (Å²) in [5.74, 6) is 1.19. The monoisotopic (exact) mass is 382 g/mol. The second kappa shape index (κ2) is 9.40. The van der Waals surface area contributed by atoms with Crippen molar-refractivity contribution in [1.82, 2.24) is 0 Å². The summed E-state index contributed by atoms with van der Waals surface area (Å²) in [5.41, 5.74) is 1.80. The number of carbonyl (C=O) groups excluding carboxylic acids is 1. The molecule has 23 heavy (non-hydrogen) atoms. The van der Waals surface area contributed by atoms with Crippen LogP contribution in [0.1, 0.15) is 38.3 Å². The summed E-state index contributed by atoms with van der Waals surface area (Å²) < 4.78 is 11.4. The third-order valence-corrected chi connectivity index (χ3v) is 3.76. The minimum Gasteiger partial charge on any atom is -0.511 e. The van der Waals surface area contributed by atoms with Crippen LogP contribution in [0.4, 0.5) is 0 Å². The molecule has 1 rings (SSSR count). The number of aliphatic hydroxyl groups is 1. The molecule has 0 aliphatic heterocycles. The minimum atomic E-state index is -0.285. The van der Waals surface area contributed by atoms with Crippen LogP contribution in [-0.2, 0) is 16.0 Å². The Bertz CT molecular complexity index is 617. The van der Waals surface area contributed by atoms with E-state index in [1.807, 2.05) is 32.0 Å². The summed E-state index contributed by atoms with van der Waals surface area (Å²) in [5, 5.41) is 9.69. The van der Waals surface area contributed by atoms with Gasteiger partial charge < -0.3 is 14.6 Å². The van der Waals surface area contributed by atoms with Crippen molar-refractivity contribution in [1.29, 1.82) is 0 Å². The molecule has 0 atom stereocenters. The van der Waals surface area contributed by atoms with E-state index < -0.39 is 0 Å². The molecule has 5 heteroatoms. The van der Waals surface area contributed by atoms with Crippen molar-refractivity contribution < 1.29 is 19.4 Å². The lowest BCUT2D eigenvalue weighted by Crippen LogP contribution is -2.09. The second-order valence-electron chi connectivity index (χ2n) is 5.10. The molecule has 0 unspecified atom stereocenters. The van der Waals surface area contributed by atoms with Gasteiger partial charge in [0.25, 0.3) is 0 Å². The number of hydrogen-bond acceptors (Lipinski definition) is 4. The largest absolute Gasteiger partial charge is 0.511 e. The van der Waals surface area contributed by atoms with Gasteiger partial charge in [-0.15, -0.1) is 0 Å². The van der Waals surface area contributed by atoms with Gasteiger partial charge in [-0.05, 0) is 54.4 Å². The maximum Gasteiger partial charge on any atom is 0.310 e. The van der Waals surface area contributed by atoms with E-state index in [1.54, 1.807) is 19.9 Å². The number of halogens is 1. The first-order valence-electron chi connectivity index (χ1n) is 7.56. The van der Waals surface area contributed by atoms with Crippen molar-refractivity contribution in [2.75, 3.05) is 6.61 Å². The van der Waals surface area contributed by atoms with Crippen LogP contribution in [0.2, 0.25) is 0 Å². The summed E-state index contributed by atoms with van der Waals surface area (Å²) in [4.78, 5) is 11.7. The van der Waals surface area contributed by atoms with Gasteiger partial charge in [-0.1, -0.05) is 19.1 Å². The van der Waals surface area contributed by atoms with Gasteiger partial charge in [-0.2, -0.15) is 0 Å². The highest BCUT2D eigenvalue weighted by Crippen LogP contribution is 2.25. The number of rotatable bonds is 7. The van der Waals surface area contributed by atoms with Gasteiger partial charge in [0.1, 0.15) is 17.3 Å². The molecule has 0 saturated heterocycles. The lowest BCUT2D eigenvalue weighted by molar-refractivity contribution is -0.142. The number of ether oxygens (including phenoxy) is 2. The Morgan fingerprint density at radius 3 is 2.65 bits per heavy atom. The first kappa shape index (κ1) is 19.3. The lowest BCUT2D eigenvalue weighted by atomic mass is 10.1. The average molecular weight is 383 g/mol. The van der Waals surface area contributed by atoms with Gasteiger partial charge in [0, 0.05) is 12.0 Å². The zero-order valence-electron chi connectivity index (χ0n) is 14.0. The highest BCUT2D eigenvalue weighted by Gasteiger charge is 2.11. The number of aryl methyl sites for hydroxylation is 1. The summed E-state index contributed by atoms with van der Waals surface area (Å²) in [7, 11) is 0. The van der Waals surface area contributed by atoms with Gasteiger partial charge in [-0.3, -0.25) is 4.79 Å². The number of hydrogen-bond donors (Lipinski definition) is 1. The number of allylic oxidation sites excluding steroid dienone is 4. The molecular formula is C18H23BrO4. The highest BCUT2D eigenvalue weighted by atomic mass is 79.9. The van der Waals surface area contributed by atoms with Crippen molar-refractivity contribution in [3.05, 3.63) is 51.4 Å². The molecule has 1 aromatic carbocycles. The van der Waals surface area contributed by atoms with Crippen molar-refractivity contribution in [2.45, 2.75) is 40.5 Å². The molecule has 0 aromatic heterocycles. The van der Waals surface area contributed by atoms with E-state index in [-0.39, 0.29) is 18.1 Å². The van der Waals surface area contributed by atoms with Crippen molar-refractivity contribution >= 4 is 21.9 Å². The molecule has 0 spiro atoms. The minimum absolute atomic E-state index is 0.161. The van der Waals surface area contributed by atoms with Crippen LogP contribution in [0.15, 0.2) is 40.3 Å². The van der Waals surface area contributed by atoms with Crippen LogP contribution < -0.4 is 4.74 Å². The fourth-order valence-electron chi connectivity index (χ4n) is 1.90. The SMILES string of the molecule is CCOC(=O)Cc1ccc(C)cc1O/C(C)=C/C(Br)=C(/O)CC. The second-order valence-corrected chi connectivity index (χ2v) is 5.95. The van der Waals surface area contributed by atoms with Crippen LogP contribution >= 0.6 is 15.9 Å². The predicted octanol–water partition coefficient (Wildman–Crippen LogP) is 4.96. The summed E-state index contributed by atoms with van der Waals surface area (Å²) in [6.07, 6.45) is 2.40. The van der Waals surface area contributed by atoms with E-state index in [0.29, 0.717) is 29.0 Å². The standard InChI is InChI=1S/C18H23BrO4/c1-5-16(20)15(19)10-13(4)23-17-9-12(3)7-8-14(17)11-18(21)22-6-2/h7-10,20H,5-6,11H2,1-4H3/b13-10+,16-15-. The zero-order valence-corrected chi connectivity index (χ0v) is 15.6. The van der Waals surface area contributed by atoms with Crippen LogP contribution in [-0.4, -0.2) is 17.7 Å². The Morgan fingerprint density at radius 1 is 1.35 bits per heavy atom. The van der Waals surface area contributed by atoms with Gasteiger partial charge in [-0.25, -0.2) is 0 Å². The van der Waals surface area contributed by atoms with Gasteiger partial charge in [0.05, 0.1) is 17.5 Å². The molecule has 0 radical (unpaired) electrons. The Morgan fingerprint density at radius 2 is 2.04 bits per heavy atom. The van der Waals surface area contributed by atoms with Crippen molar-refractivity contribution in [3.63, 3.8) is 0 Å². The Labute approximate surface area is 145 Å². The average Bonchev–Trinajstić information content (AvgIpc) is 2.49. The Balaban J connectivity index is 3.00. The molecule has 4 nitrogen and oxygen atoms in total. The molecule has 126 valence electrons. The first-order valence-corrected chi connectivity index (χ1v) is 8.35. The van der Waals surface area contributed by atoms with Gasteiger partial charge >= 0.3 is 5.97 Å². The summed E-state index contributed by atoms with van der Waals surface area (Å²) >= 11 is 3.31. The Hall–Kier alpha value is -1.75. The smallest absolute Gasteiger partial charge is 0.310 e. The van der Waals surface area contributed by atoms with Crippen LogP contribution in [0, 0.1) is 6.92 Å². The lowest BCUT2D eigenvalue weighted by Gasteiger charge is -2.12. The quantitative estimate of drug-likeness (QED) is 0.411. The molecule has 0 heterocycles. The van der Waals surface area contributed by atoms with E-state index in [9.17, 15) is 9.90 Å². The van der Waals surface area contributed by atoms with E-state index in [0.717, 1.165) is 11.1 Å². The number of aliphatic hydroxyl groups excluding tert-OH is 1. The molecule has 1 aromatic rings. The van der Waals surface area contributed by atoms with E-state index in [2.05, 4.69) is 15.9 Å². The molecule has 0 aliphatic carbocycles. The third kappa shape index (κ3) is 6.48. The van der Waals surface area contributed by atoms with Crippen LogP contribution in [0.5, 0.6) is 5.75 Å². The highest BCUT2D eigenvalue weighted by molar-refractivity contribution is 9.11. The predicted molar refractivity (Wildman–Crippen MR) is 94.8 cm³/mol. The molecule has 1 N–H and O–H groups in total. The fraction of sp³-hybridized carbons (Fsp3) is 0.389. The van der Waals surface area contributed by atoms with Gasteiger partial charge in [0.15, 0.2) is 0 Å². The number of carbonyl (C=O) groups is 1. The topological polar surface area (TPSA) is 55.8 Å². The molecule has 0 bridgehead atoms. The Kier molecular flexibility index (Phi) is 7.89. The molecule has 0 aliphatic rings. The maximum absolute atomic E-state index is 11.7. The molecule has 0 saturated carbocycles. The van der Waals surface area contributed by atoms with Crippen molar-refractivity contribution in [2.24, 2.45) is 0 Å². The molecule has 0 fully saturated rings. The van der Waals surface area contributed by atoms with Gasteiger partial charge in [0.2, 0.25) is 0 Å². The zero-order chi connectivity index (χ0) is 17.4. The first-order chi connectivity index (χ1) is 10.9. The fourth-order valence-corrected chi connectivity index (χ4v) is 2.51. The number of esters is 1. The molecular weight excluding hydrogens is 360 g/mol. The summed E-state index contributed by atoms with van der Waals surface area (Å²) in [6.45, 7) is 7.74. The summed E-state index contributed by atoms with van der Waals surface area (Å²) in [6, 6.07) is 5.67. The maximum atomic E-state index is 11.7. The van der Waals surface area contributed by atoms with Crippen molar-refractivity contribution in [3.8, 4) is 5.75 Å². The van der Waals surface area contributed by atoms with E-state index in [1.165, 1.54) is 0 Å². The normalized spacial score (nSPS) is 12.7. The third-order valence-electron chi connectivity index (χ3n) is 3.07. The van der Waals surface area contributed by atoms with E-state index in [4.69, 9.17) is 9.47 Å². The number of benzene rings is 1.